The van der Waals surface area contributed by atoms with Gasteiger partial charge in [-0.1, -0.05) is 26.0 Å². The number of amides is 1. The number of aryl methyl sites for hydroxylation is 1. The maximum absolute atomic E-state index is 13.3. The molecule has 1 aliphatic heterocycles. The van der Waals surface area contributed by atoms with Gasteiger partial charge in [-0.05, 0) is 80.9 Å². The number of carbonyl (C=O) groups is 2. The average Bonchev–Trinajstić information content (AvgIpc) is 3.08. The lowest BCUT2D eigenvalue weighted by Gasteiger charge is -2.26. The van der Waals surface area contributed by atoms with Gasteiger partial charge < -0.3 is 24.4 Å². The lowest BCUT2D eigenvalue weighted by atomic mass is 9.91. The highest BCUT2D eigenvalue weighted by atomic mass is 16.5. The smallest absolute Gasteiger partial charge is 0.295 e. The second-order valence-electron chi connectivity index (χ2n) is 9.49. The van der Waals surface area contributed by atoms with Crippen LogP contribution in [0.25, 0.3) is 5.76 Å². The predicted molar refractivity (Wildman–Crippen MR) is 137 cm³/mol. The van der Waals surface area contributed by atoms with Crippen molar-refractivity contribution in [2.75, 3.05) is 41.4 Å². The fourth-order valence-corrected chi connectivity index (χ4v) is 4.55. The Kier molecular flexibility index (Phi) is 8.22. The topological polar surface area (TPSA) is 79.3 Å². The van der Waals surface area contributed by atoms with E-state index in [0.29, 0.717) is 29.8 Å². The molecule has 0 bridgehead atoms. The molecule has 0 saturated carbocycles. The van der Waals surface area contributed by atoms with Crippen LogP contribution in [0.5, 0.6) is 11.5 Å². The summed E-state index contributed by atoms with van der Waals surface area (Å²) in [6.07, 6.45) is 0.694. The minimum Gasteiger partial charge on any atom is -0.507 e. The van der Waals surface area contributed by atoms with Crippen LogP contribution in [0.4, 0.5) is 0 Å². The SMILES string of the molecule is COc1cccc(C2/C(=C(\O)c3cc(C(C)C)c(OC)cc3C)C(=O)C(=O)N2CCCN(C)C)c1. The fraction of sp³-hybridized carbons (Fsp3) is 0.429. The molecule has 7 heteroatoms. The molecule has 1 atom stereocenters. The minimum atomic E-state index is -0.712. The average molecular weight is 481 g/mol. The molecular formula is C28H36N2O5. The summed E-state index contributed by atoms with van der Waals surface area (Å²) in [4.78, 5) is 30.1. The molecule has 2 aromatic carbocycles. The highest BCUT2D eigenvalue weighted by Crippen LogP contribution is 2.42. The van der Waals surface area contributed by atoms with Gasteiger partial charge in [0, 0.05) is 12.1 Å². The van der Waals surface area contributed by atoms with E-state index in [1.165, 1.54) is 0 Å². The number of aliphatic hydroxyl groups is 1. The molecule has 35 heavy (non-hydrogen) atoms. The zero-order valence-corrected chi connectivity index (χ0v) is 21.7. The van der Waals surface area contributed by atoms with E-state index in [1.807, 2.05) is 76.2 Å². The first-order valence-electron chi connectivity index (χ1n) is 11.9. The van der Waals surface area contributed by atoms with E-state index in [1.54, 1.807) is 19.1 Å². The van der Waals surface area contributed by atoms with E-state index in [0.717, 1.165) is 23.4 Å². The molecule has 1 heterocycles. The zero-order chi connectivity index (χ0) is 25.9. The molecule has 0 spiro atoms. The number of ether oxygens (including phenoxy) is 2. The Morgan fingerprint density at radius 1 is 1.11 bits per heavy atom. The number of rotatable bonds is 9. The molecule has 2 aromatic rings. The fourth-order valence-electron chi connectivity index (χ4n) is 4.55. The maximum atomic E-state index is 13.3. The van der Waals surface area contributed by atoms with Crippen molar-refractivity contribution in [1.82, 2.24) is 9.80 Å². The monoisotopic (exact) mass is 480 g/mol. The Bertz CT molecular complexity index is 1140. The van der Waals surface area contributed by atoms with E-state index in [9.17, 15) is 14.7 Å². The Morgan fingerprint density at radius 3 is 2.43 bits per heavy atom. The standard InChI is InChI=1S/C28H36N2O5/c1-17(2)21-16-22(18(3)14-23(21)35-7)26(31)24-25(19-10-8-11-20(15-19)34-6)30(28(33)27(24)32)13-9-12-29(4)5/h8,10-11,14-17,25,31H,9,12-13H2,1-7H3/b26-24+. The second kappa shape index (κ2) is 11.0. The molecule has 3 rings (SSSR count). The molecular weight excluding hydrogens is 444 g/mol. The summed E-state index contributed by atoms with van der Waals surface area (Å²) in [5, 5.41) is 11.5. The molecule has 0 aromatic heterocycles. The largest absolute Gasteiger partial charge is 0.507 e. The van der Waals surface area contributed by atoms with Crippen LogP contribution >= 0.6 is 0 Å². The number of carbonyl (C=O) groups excluding carboxylic acids is 2. The number of methoxy groups -OCH3 is 2. The van der Waals surface area contributed by atoms with Gasteiger partial charge in [0.2, 0.25) is 0 Å². The van der Waals surface area contributed by atoms with Gasteiger partial charge in [-0.2, -0.15) is 0 Å². The first-order valence-corrected chi connectivity index (χ1v) is 11.9. The quantitative estimate of drug-likeness (QED) is 0.323. The van der Waals surface area contributed by atoms with Crippen molar-refractivity contribution >= 4 is 17.4 Å². The summed E-state index contributed by atoms with van der Waals surface area (Å²) in [6, 6.07) is 10.3. The molecule has 188 valence electrons. The van der Waals surface area contributed by atoms with Crippen molar-refractivity contribution in [3.05, 3.63) is 64.2 Å². The van der Waals surface area contributed by atoms with Gasteiger partial charge in [-0.3, -0.25) is 9.59 Å². The number of benzene rings is 2. The molecule has 1 saturated heterocycles. The van der Waals surface area contributed by atoms with E-state index < -0.39 is 17.7 Å². The van der Waals surface area contributed by atoms with Crippen LogP contribution in [0.15, 0.2) is 42.0 Å². The van der Waals surface area contributed by atoms with E-state index in [4.69, 9.17) is 9.47 Å². The van der Waals surface area contributed by atoms with Crippen LogP contribution in [0, 0.1) is 6.92 Å². The number of aliphatic hydroxyl groups excluding tert-OH is 1. The third kappa shape index (κ3) is 5.35. The molecule has 1 N–H and O–H groups in total. The molecule has 1 amide bonds. The number of hydrogen-bond donors (Lipinski definition) is 1. The Balaban J connectivity index is 2.21. The summed E-state index contributed by atoms with van der Waals surface area (Å²) >= 11 is 0. The summed E-state index contributed by atoms with van der Waals surface area (Å²) < 4.78 is 10.9. The first-order chi connectivity index (χ1) is 16.6. The summed E-state index contributed by atoms with van der Waals surface area (Å²) in [5.74, 6) is 0.0227. The van der Waals surface area contributed by atoms with Crippen LogP contribution in [0.3, 0.4) is 0 Å². The first kappa shape index (κ1) is 26.3. The number of ketones is 1. The third-order valence-corrected chi connectivity index (χ3v) is 6.41. The number of Topliss-reactive ketones (excluding diaryl/α,β-unsaturated/α-hetero) is 1. The molecule has 1 unspecified atom stereocenters. The molecule has 0 radical (unpaired) electrons. The maximum Gasteiger partial charge on any atom is 0.295 e. The van der Waals surface area contributed by atoms with Crippen LogP contribution in [-0.2, 0) is 9.59 Å². The van der Waals surface area contributed by atoms with Crippen LogP contribution in [0.2, 0.25) is 0 Å². The van der Waals surface area contributed by atoms with Gasteiger partial charge in [-0.15, -0.1) is 0 Å². The summed E-state index contributed by atoms with van der Waals surface area (Å²) in [6.45, 7) is 7.09. The summed E-state index contributed by atoms with van der Waals surface area (Å²) in [7, 11) is 7.11. The van der Waals surface area contributed by atoms with Crippen molar-refractivity contribution in [2.24, 2.45) is 0 Å². The van der Waals surface area contributed by atoms with Gasteiger partial charge in [0.05, 0.1) is 25.8 Å². The third-order valence-electron chi connectivity index (χ3n) is 6.41. The number of nitrogens with zero attached hydrogens (tertiary/aromatic N) is 2. The highest BCUT2D eigenvalue weighted by molar-refractivity contribution is 6.46. The molecule has 7 nitrogen and oxygen atoms in total. The zero-order valence-electron chi connectivity index (χ0n) is 21.7. The van der Waals surface area contributed by atoms with Gasteiger partial charge in [0.25, 0.3) is 11.7 Å². The Morgan fingerprint density at radius 2 is 1.83 bits per heavy atom. The number of likely N-dealkylation sites (tertiary alicyclic amines) is 1. The Hall–Kier alpha value is -3.32. The van der Waals surface area contributed by atoms with E-state index in [2.05, 4.69) is 0 Å². The minimum absolute atomic E-state index is 0.0936. The lowest BCUT2D eigenvalue weighted by molar-refractivity contribution is -0.139. The second-order valence-corrected chi connectivity index (χ2v) is 9.49. The van der Waals surface area contributed by atoms with Crippen molar-refractivity contribution in [2.45, 2.75) is 39.2 Å². The predicted octanol–water partition coefficient (Wildman–Crippen LogP) is 4.51. The van der Waals surface area contributed by atoms with Crippen molar-refractivity contribution in [3.8, 4) is 11.5 Å². The Labute approximate surface area is 207 Å². The van der Waals surface area contributed by atoms with Crippen LogP contribution in [0.1, 0.15) is 54.5 Å². The molecule has 1 aliphatic rings. The van der Waals surface area contributed by atoms with Gasteiger partial charge >= 0.3 is 0 Å². The summed E-state index contributed by atoms with van der Waals surface area (Å²) in [5.41, 5.74) is 3.00. The normalized spacial score (nSPS) is 17.5. The van der Waals surface area contributed by atoms with E-state index in [-0.39, 0.29) is 17.3 Å². The lowest BCUT2D eigenvalue weighted by Crippen LogP contribution is -2.32. The van der Waals surface area contributed by atoms with Gasteiger partial charge in [-0.25, -0.2) is 0 Å². The van der Waals surface area contributed by atoms with E-state index >= 15 is 0 Å². The van der Waals surface area contributed by atoms with Crippen LogP contribution in [-0.4, -0.2) is 68.0 Å². The number of hydrogen-bond acceptors (Lipinski definition) is 6. The molecule has 0 aliphatic carbocycles. The van der Waals surface area contributed by atoms with Crippen LogP contribution < -0.4 is 9.47 Å². The van der Waals surface area contributed by atoms with Crippen molar-refractivity contribution in [1.29, 1.82) is 0 Å². The van der Waals surface area contributed by atoms with Gasteiger partial charge in [0.15, 0.2) is 0 Å². The van der Waals surface area contributed by atoms with Crippen molar-refractivity contribution in [3.63, 3.8) is 0 Å². The van der Waals surface area contributed by atoms with Gasteiger partial charge in [0.1, 0.15) is 17.3 Å². The molecule has 1 fully saturated rings. The highest BCUT2D eigenvalue weighted by Gasteiger charge is 2.46. The van der Waals surface area contributed by atoms with Crippen molar-refractivity contribution < 1.29 is 24.2 Å².